The molecule has 1 heterocycles. The second-order valence-corrected chi connectivity index (χ2v) is 4.11. The molecule has 1 aromatic carbocycles. The third-order valence-corrected chi connectivity index (χ3v) is 2.89. The van der Waals surface area contributed by atoms with E-state index in [1.165, 1.54) is 12.1 Å². The van der Waals surface area contributed by atoms with E-state index in [0.717, 1.165) is 11.7 Å². The molecule has 2 aromatic rings. The summed E-state index contributed by atoms with van der Waals surface area (Å²) in [6.45, 7) is -0.236. The number of carbonyl (C=O) groups is 1. The number of nitrogens with one attached hydrogen (secondary N) is 1. The lowest BCUT2D eigenvalue weighted by Gasteiger charge is -2.09. The molecule has 0 fully saturated rings. The van der Waals surface area contributed by atoms with Crippen molar-refractivity contribution in [3.63, 3.8) is 0 Å². The Morgan fingerprint density at radius 1 is 1.47 bits per heavy atom. The second kappa shape index (κ2) is 5.12. The predicted octanol–water partition coefficient (Wildman–Crippen LogP) is 0.457. The Morgan fingerprint density at radius 2 is 2.16 bits per heavy atom. The van der Waals surface area contributed by atoms with Gasteiger partial charge in [-0.3, -0.25) is 10.1 Å². The van der Waals surface area contributed by atoms with Gasteiger partial charge >= 0.3 is 5.97 Å². The minimum Gasteiger partial charge on any atom is -0.479 e. The highest BCUT2D eigenvalue weighted by atomic mass is 32.1. The third kappa shape index (κ3) is 2.58. The number of nitrogens with zero attached hydrogens (tertiary/aromatic N) is 3. The first kappa shape index (κ1) is 13.1. The van der Waals surface area contributed by atoms with Crippen molar-refractivity contribution in [2.75, 3.05) is 11.9 Å². The topological polar surface area (TPSA) is 138 Å². The van der Waals surface area contributed by atoms with E-state index < -0.39 is 17.0 Å². The molecule has 1 aromatic heterocycles. The van der Waals surface area contributed by atoms with Gasteiger partial charge in [-0.15, -0.1) is 0 Å². The molecule has 0 unspecified atom stereocenters. The van der Waals surface area contributed by atoms with Gasteiger partial charge in [-0.2, -0.15) is 8.75 Å². The molecule has 100 valence electrons. The van der Waals surface area contributed by atoms with Crippen LogP contribution in [-0.2, 0) is 4.79 Å². The molecule has 0 saturated carbocycles. The van der Waals surface area contributed by atoms with Crippen LogP contribution in [0.15, 0.2) is 12.1 Å². The molecule has 2 rings (SSSR count). The van der Waals surface area contributed by atoms with E-state index in [1.54, 1.807) is 0 Å². The van der Waals surface area contributed by atoms with Gasteiger partial charge in [0, 0.05) is 6.07 Å². The van der Waals surface area contributed by atoms with Crippen LogP contribution < -0.4 is 5.32 Å². The van der Waals surface area contributed by atoms with Crippen LogP contribution in [0, 0.1) is 10.1 Å². The van der Waals surface area contributed by atoms with E-state index in [4.69, 9.17) is 10.2 Å². The highest BCUT2D eigenvalue weighted by Gasteiger charge is 2.19. The quantitative estimate of drug-likeness (QED) is 0.531. The summed E-state index contributed by atoms with van der Waals surface area (Å²) in [5, 5.41) is 31.2. The Hall–Kier alpha value is -2.33. The van der Waals surface area contributed by atoms with Crippen LogP contribution in [0.3, 0.4) is 0 Å². The number of hydrogen-bond donors (Lipinski definition) is 3. The summed E-state index contributed by atoms with van der Waals surface area (Å²) in [5.74, 6) is -1.36. The van der Waals surface area contributed by atoms with Crippen LogP contribution in [0.2, 0.25) is 0 Å². The number of nitro groups is 1. The molecule has 0 amide bonds. The number of benzene rings is 1. The van der Waals surface area contributed by atoms with Crippen molar-refractivity contribution in [2.24, 2.45) is 0 Å². The zero-order valence-corrected chi connectivity index (χ0v) is 10.1. The first-order valence-electron chi connectivity index (χ1n) is 5.05. The van der Waals surface area contributed by atoms with Crippen LogP contribution in [0.25, 0.3) is 11.0 Å². The molecule has 3 N–H and O–H groups in total. The standard InChI is InChI=1S/C9H8N4O5S/c14-6(9(15)16)3-10-4-1-2-5(13(17)18)8-7(4)11-19-12-8/h1-2,6,10,14H,3H2,(H,15,16)/t6-/m0/s1. The van der Waals surface area contributed by atoms with Gasteiger partial charge in [0.15, 0.2) is 11.6 Å². The number of non-ortho nitro benzene ring substituents is 1. The zero-order valence-electron chi connectivity index (χ0n) is 9.31. The highest BCUT2D eigenvalue weighted by molar-refractivity contribution is 7.00. The van der Waals surface area contributed by atoms with E-state index in [9.17, 15) is 14.9 Å². The molecular weight excluding hydrogens is 276 g/mol. The van der Waals surface area contributed by atoms with Crippen LogP contribution in [-0.4, -0.2) is 42.5 Å². The van der Waals surface area contributed by atoms with Crippen molar-refractivity contribution < 1.29 is 19.9 Å². The summed E-state index contributed by atoms with van der Waals surface area (Å²) in [6, 6.07) is 2.65. The van der Waals surface area contributed by atoms with Crippen molar-refractivity contribution in [1.29, 1.82) is 0 Å². The van der Waals surface area contributed by atoms with E-state index >= 15 is 0 Å². The number of carboxylic acid groups (broad SMARTS) is 1. The third-order valence-electron chi connectivity index (χ3n) is 2.36. The van der Waals surface area contributed by atoms with Crippen LogP contribution in [0.1, 0.15) is 0 Å². The molecule has 0 bridgehead atoms. The van der Waals surface area contributed by atoms with Gasteiger partial charge in [0.1, 0.15) is 5.52 Å². The fraction of sp³-hybridized carbons (Fsp3) is 0.222. The number of aliphatic carboxylic acids is 1. The van der Waals surface area contributed by atoms with Crippen LogP contribution >= 0.6 is 11.7 Å². The molecule has 0 radical (unpaired) electrons. The second-order valence-electron chi connectivity index (χ2n) is 3.59. The van der Waals surface area contributed by atoms with Crippen molar-refractivity contribution in [3.8, 4) is 0 Å². The Morgan fingerprint density at radius 3 is 2.79 bits per heavy atom. The van der Waals surface area contributed by atoms with Gasteiger partial charge in [-0.05, 0) is 6.07 Å². The highest BCUT2D eigenvalue weighted by Crippen LogP contribution is 2.29. The molecule has 1 atom stereocenters. The number of anilines is 1. The normalized spacial score (nSPS) is 12.3. The van der Waals surface area contributed by atoms with Crippen molar-refractivity contribution in [3.05, 3.63) is 22.2 Å². The molecular formula is C9H8N4O5S. The minimum atomic E-state index is -1.57. The average Bonchev–Trinajstić information content (AvgIpc) is 2.83. The van der Waals surface area contributed by atoms with Gasteiger partial charge in [0.2, 0.25) is 0 Å². The van der Waals surface area contributed by atoms with Crippen molar-refractivity contribution in [2.45, 2.75) is 6.10 Å². The van der Waals surface area contributed by atoms with Crippen molar-refractivity contribution in [1.82, 2.24) is 8.75 Å². The van der Waals surface area contributed by atoms with Gasteiger partial charge in [-0.25, -0.2) is 4.79 Å². The summed E-state index contributed by atoms with van der Waals surface area (Å²) < 4.78 is 7.75. The van der Waals surface area contributed by atoms with E-state index in [1.807, 2.05) is 0 Å². The van der Waals surface area contributed by atoms with Gasteiger partial charge < -0.3 is 15.5 Å². The van der Waals surface area contributed by atoms with Crippen LogP contribution in [0.5, 0.6) is 0 Å². The molecule has 0 aliphatic carbocycles. The van der Waals surface area contributed by atoms with Gasteiger partial charge in [0.25, 0.3) is 5.69 Å². The molecule has 0 aliphatic rings. The van der Waals surface area contributed by atoms with Crippen LogP contribution in [0.4, 0.5) is 11.4 Å². The maximum Gasteiger partial charge on any atom is 0.334 e. The van der Waals surface area contributed by atoms with E-state index in [2.05, 4.69) is 14.1 Å². The lowest BCUT2D eigenvalue weighted by Crippen LogP contribution is -2.28. The van der Waals surface area contributed by atoms with Gasteiger partial charge in [0.05, 0.1) is 28.9 Å². The Kier molecular flexibility index (Phi) is 3.53. The fourth-order valence-corrected chi connectivity index (χ4v) is 2.01. The maximum atomic E-state index is 10.8. The number of carboxylic acids is 1. The molecule has 0 spiro atoms. The largest absolute Gasteiger partial charge is 0.479 e. The number of nitro benzene ring substituents is 1. The molecule has 9 nitrogen and oxygen atoms in total. The number of fused-ring (bicyclic) bond motifs is 1. The molecule has 10 heteroatoms. The Balaban J connectivity index is 2.30. The number of hydrogen-bond acceptors (Lipinski definition) is 8. The van der Waals surface area contributed by atoms with E-state index in [0.29, 0.717) is 5.69 Å². The molecule has 0 saturated heterocycles. The first-order chi connectivity index (χ1) is 9.00. The summed E-state index contributed by atoms with van der Waals surface area (Å²) in [5.41, 5.74) is 0.615. The molecule has 19 heavy (non-hydrogen) atoms. The lowest BCUT2D eigenvalue weighted by atomic mass is 10.2. The Bertz CT molecular complexity index is 643. The monoisotopic (exact) mass is 284 g/mol. The van der Waals surface area contributed by atoms with E-state index in [-0.39, 0.29) is 23.3 Å². The number of aliphatic hydroxyl groups is 1. The first-order valence-corrected chi connectivity index (χ1v) is 5.78. The summed E-state index contributed by atoms with van der Waals surface area (Å²) in [6.07, 6.45) is -1.57. The predicted molar refractivity (Wildman–Crippen MR) is 66.2 cm³/mol. The summed E-state index contributed by atoms with van der Waals surface area (Å²) in [4.78, 5) is 20.7. The average molecular weight is 284 g/mol. The minimum absolute atomic E-state index is 0.129. The van der Waals surface area contributed by atoms with Gasteiger partial charge in [-0.1, -0.05) is 0 Å². The lowest BCUT2D eigenvalue weighted by molar-refractivity contribution is -0.383. The summed E-state index contributed by atoms with van der Waals surface area (Å²) in [7, 11) is 0. The Labute approximate surface area is 110 Å². The van der Waals surface area contributed by atoms with Crippen molar-refractivity contribution >= 4 is 40.1 Å². The summed E-state index contributed by atoms with van der Waals surface area (Å²) >= 11 is 0.816. The number of aliphatic hydroxyl groups excluding tert-OH is 1. The maximum absolute atomic E-state index is 10.8. The fourth-order valence-electron chi connectivity index (χ4n) is 1.44. The smallest absolute Gasteiger partial charge is 0.334 e. The number of rotatable bonds is 5. The SMILES string of the molecule is O=C(O)[C@@H](O)CNc1ccc([N+](=O)[O-])c2nsnc12. The number of aromatic nitrogens is 2. The zero-order chi connectivity index (χ0) is 14.0. The molecule has 0 aliphatic heterocycles.